The van der Waals surface area contributed by atoms with Crippen molar-refractivity contribution in [3.63, 3.8) is 0 Å². The van der Waals surface area contributed by atoms with E-state index >= 15 is 0 Å². The van der Waals surface area contributed by atoms with Gasteiger partial charge in [-0.3, -0.25) is 4.90 Å². The summed E-state index contributed by atoms with van der Waals surface area (Å²) >= 11 is 0. The number of halogens is 3. The van der Waals surface area contributed by atoms with Crippen LogP contribution in [0, 0.1) is 11.3 Å². The van der Waals surface area contributed by atoms with Gasteiger partial charge in [-0.25, -0.2) is 19.4 Å². The number of hydrogen-bond donors (Lipinski definition) is 1. The fourth-order valence-corrected chi connectivity index (χ4v) is 5.63. The van der Waals surface area contributed by atoms with Crippen molar-refractivity contribution in [3.8, 4) is 28.6 Å². The molecule has 47 heavy (non-hydrogen) atoms. The summed E-state index contributed by atoms with van der Waals surface area (Å²) in [4.78, 5) is 21.4. The van der Waals surface area contributed by atoms with E-state index in [0.29, 0.717) is 11.6 Å². The molecular formula is C35H28F3N7O2. The fraction of sp³-hybridized carbons (Fsp3) is 0.200. The van der Waals surface area contributed by atoms with Crippen LogP contribution in [0.2, 0.25) is 0 Å². The van der Waals surface area contributed by atoms with Crippen molar-refractivity contribution in [2.24, 2.45) is 0 Å². The number of nitrogens with zero attached hydrogens (tertiary/aromatic N) is 7. The predicted octanol–water partition coefficient (Wildman–Crippen LogP) is 7.05. The van der Waals surface area contributed by atoms with E-state index in [0.717, 1.165) is 77.1 Å². The number of aromatic nitrogens is 5. The van der Waals surface area contributed by atoms with Crippen molar-refractivity contribution in [2.45, 2.75) is 31.6 Å². The number of rotatable bonds is 5. The molecule has 0 radical (unpaired) electrons. The molecule has 0 atom stereocenters. The van der Waals surface area contributed by atoms with Crippen LogP contribution in [0.25, 0.3) is 44.6 Å². The fourth-order valence-electron chi connectivity index (χ4n) is 5.63. The molecule has 12 heteroatoms. The molecule has 4 aromatic carbocycles. The first-order chi connectivity index (χ1) is 22.7. The number of carboxylic acids is 1. The smallest absolute Gasteiger partial charge is 0.475 e. The molecular weight excluding hydrogens is 607 g/mol. The van der Waals surface area contributed by atoms with Crippen molar-refractivity contribution in [1.29, 1.82) is 5.26 Å². The first-order valence-corrected chi connectivity index (χ1v) is 14.9. The lowest BCUT2D eigenvalue weighted by Gasteiger charge is -2.32. The van der Waals surface area contributed by atoms with E-state index in [1.54, 1.807) is 12.1 Å². The highest BCUT2D eigenvalue weighted by Crippen LogP contribution is 2.32. The second-order valence-electron chi connectivity index (χ2n) is 11.1. The first kappa shape index (κ1) is 31.3. The van der Waals surface area contributed by atoms with Gasteiger partial charge >= 0.3 is 12.1 Å². The van der Waals surface area contributed by atoms with E-state index in [9.17, 15) is 18.4 Å². The molecule has 0 saturated carbocycles. The van der Waals surface area contributed by atoms with Crippen LogP contribution in [0.1, 0.15) is 30.0 Å². The molecule has 7 rings (SSSR count). The van der Waals surface area contributed by atoms with Gasteiger partial charge in [0.2, 0.25) is 0 Å². The molecule has 0 spiro atoms. The summed E-state index contributed by atoms with van der Waals surface area (Å²) in [6.07, 6.45) is -2.96. The Morgan fingerprint density at radius 3 is 2.11 bits per heavy atom. The van der Waals surface area contributed by atoms with E-state index in [-0.39, 0.29) is 0 Å². The Balaban J connectivity index is 0.000000499. The molecule has 6 aromatic rings. The van der Waals surface area contributed by atoms with Crippen LogP contribution in [0.5, 0.6) is 0 Å². The van der Waals surface area contributed by atoms with Crippen molar-refractivity contribution < 1.29 is 23.1 Å². The van der Waals surface area contributed by atoms with Gasteiger partial charge in [-0.05, 0) is 48.7 Å². The topological polar surface area (TPSA) is 121 Å². The lowest BCUT2D eigenvalue weighted by molar-refractivity contribution is -0.192. The van der Waals surface area contributed by atoms with Gasteiger partial charge in [-0.1, -0.05) is 71.9 Å². The first-order valence-electron chi connectivity index (χ1n) is 14.9. The minimum absolute atomic E-state index is 0.387. The van der Waals surface area contributed by atoms with Crippen LogP contribution in [0.15, 0.2) is 97.1 Å². The molecule has 2 aromatic heterocycles. The average molecular weight is 636 g/mol. The maximum Gasteiger partial charge on any atom is 0.490 e. The number of para-hydroxylation sites is 1. The number of aliphatic carboxylic acids is 1. The number of fused-ring (bicyclic) bond motifs is 2. The average Bonchev–Trinajstić information content (AvgIpc) is 3.53. The van der Waals surface area contributed by atoms with Gasteiger partial charge in [-0.2, -0.15) is 18.4 Å². The number of benzene rings is 4. The Bertz CT molecular complexity index is 2070. The number of likely N-dealkylation sites (tertiary alicyclic amines) is 1. The minimum atomic E-state index is -5.08. The van der Waals surface area contributed by atoms with Crippen LogP contribution < -0.4 is 0 Å². The van der Waals surface area contributed by atoms with Crippen molar-refractivity contribution in [3.05, 3.63) is 108 Å². The summed E-state index contributed by atoms with van der Waals surface area (Å²) in [5.74, 6) is -2.76. The Morgan fingerprint density at radius 2 is 1.45 bits per heavy atom. The lowest BCUT2D eigenvalue weighted by atomic mass is 10.0. The van der Waals surface area contributed by atoms with E-state index in [2.05, 4.69) is 62.4 Å². The number of hydrogen-bond acceptors (Lipinski definition) is 7. The quantitative estimate of drug-likeness (QED) is 0.214. The number of alkyl halides is 3. The molecule has 1 aliphatic rings. The Morgan fingerprint density at radius 1 is 0.830 bits per heavy atom. The van der Waals surface area contributed by atoms with Gasteiger partial charge in [0.05, 0.1) is 45.6 Å². The summed E-state index contributed by atoms with van der Waals surface area (Å²) in [7, 11) is 0. The molecule has 9 nitrogen and oxygen atoms in total. The zero-order chi connectivity index (χ0) is 33.0. The minimum Gasteiger partial charge on any atom is -0.475 e. The molecule has 0 bridgehead atoms. The Kier molecular flexibility index (Phi) is 8.90. The summed E-state index contributed by atoms with van der Waals surface area (Å²) in [5.41, 5.74) is 9.13. The predicted molar refractivity (Wildman–Crippen MR) is 170 cm³/mol. The number of nitriles is 1. The van der Waals surface area contributed by atoms with Gasteiger partial charge < -0.3 is 5.11 Å². The van der Waals surface area contributed by atoms with Crippen LogP contribution in [-0.2, 0) is 11.3 Å². The monoisotopic (exact) mass is 635 g/mol. The number of carboxylic acid groups (broad SMARTS) is 1. The molecule has 0 amide bonds. The Hall–Kier alpha value is -5.67. The van der Waals surface area contributed by atoms with Gasteiger partial charge in [-0.15, -0.1) is 5.10 Å². The third-order valence-corrected chi connectivity index (χ3v) is 8.00. The van der Waals surface area contributed by atoms with E-state index in [1.807, 2.05) is 48.5 Å². The number of carbonyl (C=O) groups is 1. The molecule has 3 heterocycles. The molecule has 1 fully saturated rings. The zero-order valence-corrected chi connectivity index (χ0v) is 25.0. The summed E-state index contributed by atoms with van der Waals surface area (Å²) in [5, 5.41) is 25.3. The third-order valence-electron chi connectivity index (χ3n) is 8.00. The zero-order valence-electron chi connectivity index (χ0n) is 25.0. The highest BCUT2D eigenvalue weighted by molar-refractivity contribution is 5.86. The van der Waals surface area contributed by atoms with Crippen LogP contribution in [-0.4, -0.2) is 60.2 Å². The van der Waals surface area contributed by atoms with Crippen molar-refractivity contribution in [1.82, 2.24) is 29.9 Å². The molecule has 0 unspecified atom stereocenters. The van der Waals surface area contributed by atoms with Crippen LogP contribution in [0.3, 0.4) is 0 Å². The van der Waals surface area contributed by atoms with E-state index in [1.165, 1.54) is 5.56 Å². The lowest BCUT2D eigenvalue weighted by Crippen LogP contribution is -2.34. The SMILES string of the molecule is N#Cc1ccc2nc(-c3ccc(CN4CCC(n5nnc6ccccc65)CC4)cc3)c(-c3ccccc3)nc2c1.O=C(O)C(F)(F)F. The number of piperidine rings is 1. The summed E-state index contributed by atoms with van der Waals surface area (Å²) < 4.78 is 33.8. The van der Waals surface area contributed by atoms with E-state index in [4.69, 9.17) is 19.9 Å². The molecule has 1 N–H and O–H groups in total. The van der Waals surface area contributed by atoms with Crippen molar-refractivity contribution in [2.75, 3.05) is 13.1 Å². The second kappa shape index (κ2) is 13.4. The highest BCUT2D eigenvalue weighted by atomic mass is 19.4. The van der Waals surface area contributed by atoms with Gasteiger partial charge in [0, 0.05) is 30.8 Å². The molecule has 0 aliphatic carbocycles. The van der Waals surface area contributed by atoms with Gasteiger partial charge in [0.25, 0.3) is 0 Å². The molecule has 236 valence electrons. The second-order valence-corrected chi connectivity index (χ2v) is 11.1. The molecule has 1 saturated heterocycles. The maximum atomic E-state index is 10.6. The summed E-state index contributed by atoms with van der Waals surface area (Å²) in [6.45, 7) is 2.97. The largest absolute Gasteiger partial charge is 0.490 e. The highest BCUT2D eigenvalue weighted by Gasteiger charge is 2.38. The summed E-state index contributed by atoms with van der Waals surface area (Å²) in [6, 6.07) is 35.1. The van der Waals surface area contributed by atoms with Gasteiger partial charge in [0.1, 0.15) is 5.52 Å². The normalized spacial score (nSPS) is 14.0. The van der Waals surface area contributed by atoms with Gasteiger partial charge in [0.15, 0.2) is 0 Å². The van der Waals surface area contributed by atoms with Crippen LogP contribution >= 0.6 is 0 Å². The third kappa shape index (κ3) is 7.10. The standard InChI is InChI=1S/C33H27N7.C2HF3O2/c34-21-24-12-15-28-30(20-24)36-32(25-6-2-1-3-7-25)33(35-28)26-13-10-23(11-14-26)22-39-18-16-27(17-19-39)40-31-9-5-4-8-29(31)37-38-40;3-2(4,5)1(6)7/h1-15,20,27H,16-19,22H2;(H,6,7). The Labute approximate surface area is 267 Å². The maximum absolute atomic E-state index is 10.6. The molecule has 1 aliphatic heterocycles. The van der Waals surface area contributed by atoms with E-state index < -0.39 is 12.1 Å². The van der Waals surface area contributed by atoms with Crippen molar-refractivity contribution >= 4 is 28.0 Å². The van der Waals surface area contributed by atoms with Crippen LogP contribution in [0.4, 0.5) is 13.2 Å².